The van der Waals surface area contributed by atoms with Gasteiger partial charge in [-0.05, 0) is 81.1 Å². The van der Waals surface area contributed by atoms with Crippen LogP contribution in [0, 0.1) is 11.7 Å². The highest BCUT2D eigenvalue weighted by molar-refractivity contribution is 7.98. The molecule has 0 atom stereocenters. The average molecular weight is 355 g/mol. The molecule has 2 heterocycles. The number of likely N-dealkylation sites (tertiary alicyclic amines) is 1. The second-order valence-corrected chi connectivity index (χ2v) is 8.78. The quantitative estimate of drug-likeness (QED) is 0.568. The molecule has 1 aromatic rings. The molecule has 0 bridgehead atoms. The van der Waals surface area contributed by atoms with Crippen molar-refractivity contribution >= 4 is 23.7 Å². The number of nitrogens with zero attached hydrogens (tertiary/aromatic N) is 2. The summed E-state index contributed by atoms with van der Waals surface area (Å²) in [5.41, 5.74) is 0. The zero-order valence-corrected chi connectivity index (χ0v) is 15.8. The molecule has 5 heteroatoms. The Morgan fingerprint density at radius 2 is 1.74 bits per heavy atom. The molecule has 2 saturated heterocycles. The molecule has 0 amide bonds. The van der Waals surface area contributed by atoms with Crippen molar-refractivity contribution in [2.45, 2.75) is 48.4 Å². The van der Waals surface area contributed by atoms with Gasteiger partial charge in [-0.15, -0.1) is 11.8 Å². The third kappa shape index (κ3) is 4.65. The molecule has 0 saturated carbocycles. The first-order valence-electron chi connectivity index (χ1n) is 8.66. The van der Waals surface area contributed by atoms with Crippen LogP contribution in [0.5, 0.6) is 0 Å². The van der Waals surface area contributed by atoms with Crippen molar-refractivity contribution in [3.8, 4) is 0 Å². The van der Waals surface area contributed by atoms with Gasteiger partial charge < -0.3 is 4.90 Å². The van der Waals surface area contributed by atoms with Crippen molar-refractivity contribution in [3.63, 3.8) is 0 Å². The lowest BCUT2D eigenvalue weighted by Gasteiger charge is -2.41. The molecule has 3 rings (SSSR count). The largest absolute Gasteiger partial charge is 0.300 e. The summed E-state index contributed by atoms with van der Waals surface area (Å²) >= 11 is 3.18. The van der Waals surface area contributed by atoms with E-state index >= 15 is 0 Å². The Morgan fingerprint density at radius 1 is 1.04 bits per heavy atom. The van der Waals surface area contributed by atoms with Gasteiger partial charge in [0.1, 0.15) is 5.82 Å². The smallest absolute Gasteiger partial charge is 0.139 e. The molecule has 0 aromatic heterocycles. The van der Waals surface area contributed by atoms with Crippen LogP contribution < -0.4 is 0 Å². The number of halogens is 1. The topological polar surface area (TPSA) is 6.48 Å². The van der Waals surface area contributed by atoms with Crippen LogP contribution in [-0.4, -0.2) is 47.7 Å². The third-order valence-corrected chi connectivity index (χ3v) is 7.00. The molecule has 1 aromatic carbocycles. The Labute approximate surface area is 148 Å². The van der Waals surface area contributed by atoms with Gasteiger partial charge in [0.15, 0.2) is 0 Å². The molecule has 2 nitrogen and oxygen atoms in total. The summed E-state index contributed by atoms with van der Waals surface area (Å²) in [5.74, 6) is 0.808. The van der Waals surface area contributed by atoms with E-state index < -0.39 is 0 Å². The monoisotopic (exact) mass is 354 g/mol. The van der Waals surface area contributed by atoms with E-state index in [2.05, 4.69) is 16.1 Å². The predicted molar refractivity (Wildman–Crippen MR) is 98.6 cm³/mol. The summed E-state index contributed by atoms with van der Waals surface area (Å²) in [6.07, 6.45) is 7.11. The van der Waals surface area contributed by atoms with Gasteiger partial charge in [0, 0.05) is 24.0 Å². The van der Waals surface area contributed by atoms with Crippen molar-refractivity contribution in [1.82, 2.24) is 9.21 Å². The third-order valence-electron chi connectivity index (χ3n) is 5.12. The van der Waals surface area contributed by atoms with Gasteiger partial charge in [0.2, 0.25) is 0 Å². The molecule has 0 unspecified atom stereocenters. The van der Waals surface area contributed by atoms with Gasteiger partial charge in [0.05, 0.1) is 4.90 Å². The molecule has 2 fully saturated rings. The van der Waals surface area contributed by atoms with E-state index in [1.54, 1.807) is 29.8 Å². The van der Waals surface area contributed by atoms with Crippen LogP contribution in [0.2, 0.25) is 0 Å². The van der Waals surface area contributed by atoms with E-state index in [0.717, 1.165) is 34.8 Å². The summed E-state index contributed by atoms with van der Waals surface area (Å²) in [7, 11) is 0. The van der Waals surface area contributed by atoms with Gasteiger partial charge >= 0.3 is 0 Å². The standard InChI is InChI=1S/C18H27FN2S2/c1-14-5-9-20(10-6-14)15-7-11-21(12-8-15)23-18-4-3-16(22-2)13-17(18)19/h3-4,13-15H,5-12H2,1-2H3. The number of hydrogen-bond acceptors (Lipinski definition) is 4. The Hall–Kier alpha value is -0.230. The Morgan fingerprint density at radius 3 is 2.35 bits per heavy atom. The highest BCUT2D eigenvalue weighted by atomic mass is 32.2. The van der Waals surface area contributed by atoms with Crippen LogP contribution in [0.4, 0.5) is 4.39 Å². The second-order valence-electron chi connectivity index (χ2n) is 6.77. The summed E-state index contributed by atoms with van der Waals surface area (Å²) in [4.78, 5) is 4.44. The molecule has 2 aliphatic rings. The van der Waals surface area contributed by atoms with Gasteiger partial charge in [-0.3, -0.25) is 0 Å². The highest BCUT2D eigenvalue weighted by Crippen LogP contribution is 2.32. The SMILES string of the molecule is CSc1ccc(SN2CCC(N3CCC(C)CC3)CC2)c(F)c1. The van der Waals surface area contributed by atoms with Crippen molar-refractivity contribution in [3.05, 3.63) is 24.0 Å². The lowest BCUT2D eigenvalue weighted by molar-refractivity contribution is 0.103. The number of rotatable bonds is 4. The minimum absolute atomic E-state index is 0.0889. The fourth-order valence-corrected chi connectivity index (χ4v) is 4.89. The molecular formula is C18H27FN2S2. The van der Waals surface area contributed by atoms with E-state index in [1.165, 1.54) is 38.8 Å². The van der Waals surface area contributed by atoms with E-state index in [9.17, 15) is 4.39 Å². The zero-order chi connectivity index (χ0) is 16.2. The molecule has 128 valence electrons. The maximum Gasteiger partial charge on any atom is 0.139 e. The maximum atomic E-state index is 14.1. The Bertz CT molecular complexity index is 510. The minimum Gasteiger partial charge on any atom is -0.300 e. The molecule has 2 aliphatic heterocycles. The van der Waals surface area contributed by atoms with Gasteiger partial charge in [0.25, 0.3) is 0 Å². The second kappa shape index (κ2) is 8.24. The van der Waals surface area contributed by atoms with E-state index in [4.69, 9.17) is 0 Å². The lowest BCUT2D eigenvalue weighted by Crippen LogP contribution is -2.46. The Balaban J connectivity index is 1.49. The molecule has 0 N–H and O–H groups in total. The van der Waals surface area contributed by atoms with Crippen molar-refractivity contribution in [2.75, 3.05) is 32.4 Å². The van der Waals surface area contributed by atoms with Crippen molar-refractivity contribution in [2.24, 2.45) is 5.92 Å². The number of thioether (sulfide) groups is 1. The lowest BCUT2D eigenvalue weighted by atomic mass is 9.95. The van der Waals surface area contributed by atoms with Crippen LogP contribution in [0.1, 0.15) is 32.6 Å². The average Bonchev–Trinajstić information content (AvgIpc) is 2.58. The van der Waals surface area contributed by atoms with Crippen LogP contribution in [0.25, 0.3) is 0 Å². The first-order valence-corrected chi connectivity index (χ1v) is 10.7. The van der Waals surface area contributed by atoms with Crippen LogP contribution in [-0.2, 0) is 0 Å². The number of piperidine rings is 2. The van der Waals surface area contributed by atoms with E-state index in [0.29, 0.717) is 0 Å². The fourth-order valence-electron chi connectivity index (χ4n) is 3.51. The summed E-state index contributed by atoms with van der Waals surface area (Å²) in [5, 5.41) is 0. The van der Waals surface area contributed by atoms with Gasteiger partial charge in [-0.25, -0.2) is 8.70 Å². The number of hydrogen-bond donors (Lipinski definition) is 0. The van der Waals surface area contributed by atoms with Crippen LogP contribution in [0.3, 0.4) is 0 Å². The maximum absolute atomic E-state index is 14.1. The normalized spacial score (nSPS) is 22.6. The van der Waals surface area contributed by atoms with Gasteiger partial charge in [-0.2, -0.15) is 0 Å². The van der Waals surface area contributed by atoms with E-state index in [-0.39, 0.29) is 5.82 Å². The van der Waals surface area contributed by atoms with Gasteiger partial charge in [-0.1, -0.05) is 6.92 Å². The molecule has 0 radical (unpaired) electrons. The van der Waals surface area contributed by atoms with E-state index in [1.807, 2.05) is 18.4 Å². The number of benzene rings is 1. The first kappa shape index (κ1) is 17.6. The first-order chi connectivity index (χ1) is 11.2. The molecule has 0 aliphatic carbocycles. The highest BCUT2D eigenvalue weighted by Gasteiger charge is 2.27. The zero-order valence-electron chi connectivity index (χ0n) is 14.1. The van der Waals surface area contributed by atoms with Crippen molar-refractivity contribution in [1.29, 1.82) is 0 Å². The van der Waals surface area contributed by atoms with Crippen LogP contribution >= 0.6 is 23.7 Å². The summed E-state index contributed by atoms with van der Waals surface area (Å²) < 4.78 is 16.5. The molecule has 0 spiro atoms. The van der Waals surface area contributed by atoms with Crippen LogP contribution in [0.15, 0.2) is 28.0 Å². The van der Waals surface area contributed by atoms with Crippen molar-refractivity contribution < 1.29 is 4.39 Å². The summed E-state index contributed by atoms with van der Waals surface area (Å²) in [6, 6.07) is 6.32. The molecule has 23 heavy (non-hydrogen) atoms. The predicted octanol–water partition coefficient (Wildman–Crippen LogP) is 4.75. The fraction of sp³-hybridized carbons (Fsp3) is 0.667. The molecular weight excluding hydrogens is 327 g/mol. The minimum atomic E-state index is -0.0889. The Kier molecular flexibility index (Phi) is 6.30. The summed E-state index contributed by atoms with van der Waals surface area (Å²) in [6.45, 7) is 7.02.